The number of rotatable bonds is 3. The van der Waals surface area contributed by atoms with Gasteiger partial charge in [-0.2, -0.15) is 0 Å². The number of ether oxygens (including phenoxy) is 1. The van der Waals surface area contributed by atoms with E-state index in [-0.39, 0.29) is 5.91 Å². The highest BCUT2D eigenvalue weighted by Crippen LogP contribution is 2.34. The van der Waals surface area contributed by atoms with E-state index < -0.39 is 0 Å². The Morgan fingerprint density at radius 1 is 1.35 bits per heavy atom. The number of carbonyl (C=O) groups is 1. The van der Waals surface area contributed by atoms with E-state index in [0.29, 0.717) is 31.5 Å². The number of nitrogens with zero attached hydrogens (tertiary/aromatic N) is 1. The molecule has 1 fully saturated rings. The van der Waals surface area contributed by atoms with E-state index in [9.17, 15) is 4.79 Å². The van der Waals surface area contributed by atoms with Gasteiger partial charge in [0.1, 0.15) is 21.6 Å². The van der Waals surface area contributed by atoms with Gasteiger partial charge in [-0.3, -0.25) is 9.69 Å². The lowest BCUT2D eigenvalue weighted by atomic mass is 10.2. The summed E-state index contributed by atoms with van der Waals surface area (Å²) in [7, 11) is 3.22. The van der Waals surface area contributed by atoms with Crippen LogP contribution < -0.4 is 4.74 Å². The van der Waals surface area contributed by atoms with E-state index in [1.54, 1.807) is 38.4 Å². The number of hydrogen-bond donors (Lipinski definition) is 0. The Labute approximate surface area is 148 Å². The minimum atomic E-state index is -0.120. The lowest BCUT2D eigenvalue weighted by molar-refractivity contribution is -0.121. The number of furan rings is 1. The smallest absolute Gasteiger partial charge is 0.266 e. The third-order valence-electron chi connectivity index (χ3n) is 3.32. The van der Waals surface area contributed by atoms with Crippen LogP contribution in [0.2, 0.25) is 5.02 Å². The monoisotopic (exact) mass is 365 g/mol. The number of benzene rings is 1. The highest BCUT2D eigenvalue weighted by atomic mass is 35.5. The third kappa shape index (κ3) is 3.15. The molecule has 3 rings (SSSR count). The van der Waals surface area contributed by atoms with Gasteiger partial charge in [-0.05, 0) is 30.3 Å². The van der Waals surface area contributed by atoms with Gasteiger partial charge in [0.25, 0.3) is 5.91 Å². The molecule has 0 atom stereocenters. The molecule has 0 unspecified atom stereocenters. The molecule has 0 aliphatic carbocycles. The molecule has 0 saturated carbocycles. The van der Waals surface area contributed by atoms with Gasteiger partial charge in [0.2, 0.25) is 0 Å². The average Bonchev–Trinajstić information content (AvgIpc) is 3.09. The van der Waals surface area contributed by atoms with Gasteiger partial charge < -0.3 is 9.15 Å². The number of amides is 1. The fourth-order valence-electron chi connectivity index (χ4n) is 2.08. The highest BCUT2D eigenvalue weighted by molar-refractivity contribution is 8.26. The van der Waals surface area contributed by atoms with Crippen LogP contribution in [0.4, 0.5) is 0 Å². The molecule has 1 saturated heterocycles. The summed E-state index contributed by atoms with van der Waals surface area (Å²) < 4.78 is 11.4. The number of methoxy groups -OCH3 is 1. The first-order chi connectivity index (χ1) is 11.0. The Hall–Kier alpha value is -1.76. The summed E-state index contributed by atoms with van der Waals surface area (Å²) in [5.74, 6) is 1.73. The molecule has 1 aromatic carbocycles. The first-order valence-corrected chi connectivity index (χ1v) is 8.25. The van der Waals surface area contributed by atoms with Gasteiger partial charge in [0.05, 0.1) is 17.0 Å². The van der Waals surface area contributed by atoms with Crippen LogP contribution in [0.25, 0.3) is 17.4 Å². The quantitative estimate of drug-likeness (QED) is 0.594. The van der Waals surface area contributed by atoms with Crippen LogP contribution in [-0.2, 0) is 4.79 Å². The Morgan fingerprint density at radius 2 is 2.13 bits per heavy atom. The number of likely N-dealkylation sites (N-methyl/N-ethyl adjacent to an activating group) is 1. The second-order valence-electron chi connectivity index (χ2n) is 4.79. The van der Waals surface area contributed by atoms with Gasteiger partial charge in [-0.15, -0.1) is 0 Å². The average molecular weight is 366 g/mol. The fraction of sp³-hybridized carbons (Fsp3) is 0.125. The summed E-state index contributed by atoms with van der Waals surface area (Å²) in [6, 6.07) is 9.04. The molecule has 23 heavy (non-hydrogen) atoms. The molecule has 2 aromatic rings. The van der Waals surface area contributed by atoms with Crippen molar-refractivity contribution in [3.63, 3.8) is 0 Å². The van der Waals surface area contributed by atoms with Crippen molar-refractivity contribution in [2.24, 2.45) is 0 Å². The van der Waals surface area contributed by atoms with Crippen LogP contribution in [0.5, 0.6) is 5.75 Å². The Morgan fingerprint density at radius 3 is 2.74 bits per heavy atom. The number of hydrogen-bond acceptors (Lipinski definition) is 5. The Balaban J connectivity index is 1.88. The van der Waals surface area contributed by atoms with E-state index in [2.05, 4.69) is 0 Å². The number of halogens is 1. The molecule has 118 valence electrons. The van der Waals surface area contributed by atoms with Crippen molar-refractivity contribution in [1.29, 1.82) is 0 Å². The number of thioether (sulfide) groups is 1. The van der Waals surface area contributed by atoms with Crippen molar-refractivity contribution in [1.82, 2.24) is 4.90 Å². The molecule has 1 aromatic heterocycles. The maximum atomic E-state index is 12.0. The van der Waals surface area contributed by atoms with Gasteiger partial charge in [-0.25, -0.2) is 0 Å². The first-order valence-electron chi connectivity index (χ1n) is 6.65. The van der Waals surface area contributed by atoms with Crippen molar-refractivity contribution >= 4 is 51.9 Å². The number of carbonyl (C=O) groups excluding carboxylic acids is 1. The van der Waals surface area contributed by atoms with Gasteiger partial charge in [0.15, 0.2) is 0 Å². The molecular weight excluding hydrogens is 354 g/mol. The summed E-state index contributed by atoms with van der Waals surface area (Å²) in [6.45, 7) is 0. The third-order valence-corrected chi connectivity index (χ3v) is 5.10. The Kier molecular flexibility index (Phi) is 4.48. The van der Waals surface area contributed by atoms with Gasteiger partial charge in [-0.1, -0.05) is 35.6 Å². The Bertz CT molecular complexity index is 828. The molecular formula is C16H12ClNO3S2. The lowest BCUT2D eigenvalue weighted by Gasteiger charge is -2.04. The first kappa shape index (κ1) is 16.1. The zero-order valence-corrected chi connectivity index (χ0v) is 14.7. The second-order valence-corrected chi connectivity index (χ2v) is 6.88. The topological polar surface area (TPSA) is 42.7 Å². The molecule has 1 aliphatic rings. The molecule has 0 radical (unpaired) electrons. The molecule has 7 heteroatoms. The normalized spacial score (nSPS) is 16.5. The van der Waals surface area contributed by atoms with E-state index >= 15 is 0 Å². The molecule has 0 spiro atoms. The van der Waals surface area contributed by atoms with Crippen LogP contribution in [0.1, 0.15) is 5.76 Å². The largest absolute Gasteiger partial charge is 0.495 e. The summed E-state index contributed by atoms with van der Waals surface area (Å²) in [4.78, 5) is 14.0. The molecule has 4 nitrogen and oxygen atoms in total. The van der Waals surface area contributed by atoms with Crippen LogP contribution in [0.15, 0.2) is 39.7 Å². The van der Waals surface area contributed by atoms with E-state index in [1.165, 1.54) is 16.7 Å². The highest BCUT2D eigenvalue weighted by Gasteiger charge is 2.29. The van der Waals surface area contributed by atoms with Crippen molar-refractivity contribution in [2.75, 3.05) is 14.2 Å². The van der Waals surface area contributed by atoms with Crippen LogP contribution in [-0.4, -0.2) is 29.3 Å². The predicted molar refractivity (Wildman–Crippen MR) is 96.6 cm³/mol. The molecule has 0 N–H and O–H groups in total. The summed E-state index contributed by atoms with van der Waals surface area (Å²) in [5.41, 5.74) is 0.832. The molecule has 1 aliphatic heterocycles. The standard InChI is InChI=1S/C16H12ClNO3S2/c1-18-15(19)14(23-16(18)22)8-10-4-6-12(21-10)9-3-5-13(20-2)11(17)7-9/h3-8H,1-2H3. The SMILES string of the molecule is COc1ccc(-c2ccc(C=C3SC(=S)N(C)C3=O)o2)cc1Cl. The minimum Gasteiger partial charge on any atom is -0.495 e. The maximum Gasteiger partial charge on any atom is 0.266 e. The lowest BCUT2D eigenvalue weighted by Crippen LogP contribution is -2.22. The minimum absolute atomic E-state index is 0.120. The van der Waals surface area contributed by atoms with Crippen molar-refractivity contribution in [2.45, 2.75) is 0 Å². The molecule has 1 amide bonds. The number of thiocarbonyl (C=S) groups is 1. The van der Waals surface area contributed by atoms with Crippen LogP contribution in [0.3, 0.4) is 0 Å². The molecule has 2 heterocycles. The van der Waals surface area contributed by atoms with Crippen molar-refractivity contribution < 1.29 is 13.9 Å². The van der Waals surface area contributed by atoms with Crippen LogP contribution in [0, 0.1) is 0 Å². The van der Waals surface area contributed by atoms with E-state index in [1.807, 2.05) is 12.1 Å². The fourth-order valence-corrected chi connectivity index (χ4v) is 3.50. The second kappa shape index (κ2) is 6.39. The summed E-state index contributed by atoms with van der Waals surface area (Å²) in [6.07, 6.45) is 1.69. The summed E-state index contributed by atoms with van der Waals surface area (Å²) >= 11 is 12.5. The van der Waals surface area contributed by atoms with E-state index in [0.717, 1.165) is 5.56 Å². The maximum absolute atomic E-state index is 12.0. The predicted octanol–water partition coefficient (Wildman–Crippen LogP) is 4.44. The summed E-state index contributed by atoms with van der Waals surface area (Å²) in [5, 5.41) is 0.509. The van der Waals surface area contributed by atoms with Crippen LogP contribution >= 0.6 is 35.6 Å². The molecule has 0 bridgehead atoms. The zero-order valence-electron chi connectivity index (χ0n) is 12.3. The van der Waals surface area contributed by atoms with Crippen molar-refractivity contribution in [3.8, 4) is 17.1 Å². The van der Waals surface area contributed by atoms with Gasteiger partial charge in [0, 0.05) is 18.7 Å². The van der Waals surface area contributed by atoms with Crippen molar-refractivity contribution in [3.05, 3.63) is 46.0 Å². The van der Waals surface area contributed by atoms with Gasteiger partial charge >= 0.3 is 0 Å². The zero-order chi connectivity index (χ0) is 16.6. The van der Waals surface area contributed by atoms with E-state index in [4.69, 9.17) is 33.0 Å².